The highest BCUT2D eigenvalue weighted by atomic mass is 16.6. The van der Waals surface area contributed by atoms with Gasteiger partial charge in [0.15, 0.2) is 12.1 Å². The maximum Gasteiger partial charge on any atom is 0.408 e. The molecule has 0 aromatic rings. The van der Waals surface area contributed by atoms with Crippen molar-refractivity contribution in [3.63, 3.8) is 0 Å². The number of amides is 2. The van der Waals surface area contributed by atoms with Crippen LogP contribution in [-0.4, -0.2) is 83.1 Å². The fraction of sp³-hybridized carbons (Fsp3) is 0.765. The summed E-state index contributed by atoms with van der Waals surface area (Å²) in [7, 11) is 1.35. The van der Waals surface area contributed by atoms with E-state index < -0.39 is 54.0 Å². The minimum Gasteiger partial charge on any atom is -0.480 e. The lowest BCUT2D eigenvalue weighted by atomic mass is 10.2. The topological polar surface area (TPSA) is 181 Å². The van der Waals surface area contributed by atoms with Gasteiger partial charge in [-0.2, -0.15) is 0 Å². The first-order valence-corrected chi connectivity index (χ1v) is 8.56. The van der Waals surface area contributed by atoms with Gasteiger partial charge in [-0.25, -0.2) is 19.2 Å². The second kappa shape index (κ2) is 12.8. The normalized spacial score (nSPS) is 13.1. The molecule has 0 fully saturated rings. The van der Waals surface area contributed by atoms with Crippen molar-refractivity contribution in [2.45, 2.75) is 64.8 Å². The van der Waals surface area contributed by atoms with Crippen LogP contribution in [0.2, 0.25) is 0 Å². The fourth-order valence-corrected chi connectivity index (χ4v) is 1.43. The summed E-state index contributed by atoms with van der Waals surface area (Å²) in [5.41, 5.74) is -1.34. The van der Waals surface area contributed by atoms with E-state index in [0.717, 1.165) is 0 Å². The fourth-order valence-electron chi connectivity index (χ4n) is 1.43. The number of aliphatic hydroxyl groups excluding tert-OH is 1. The van der Waals surface area contributed by atoms with Crippen molar-refractivity contribution < 1.29 is 48.7 Å². The predicted octanol–water partition coefficient (Wildman–Crippen LogP) is 0.567. The molecule has 2 amide bonds. The molecule has 0 aliphatic carbocycles. The highest BCUT2D eigenvalue weighted by molar-refractivity contribution is 5.80. The number of alkyl carbamates (subject to hydrolysis) is 2. The minimum atomic E-state index is -1.33. The molecular formula is C17H32N2O10. The molecular weight excluding hydrogens is 392 g/mol. The van der Waals surface area contributed by atoms with Crippen LogP contribution in [0.4, 0.5) is 9.59 Å². The zero-order chi connectivity index (χ0) is 23.4. The number of aliphatic carboxylic acids is 2. The van der Waals surface area contributed by atoms with E-state index in [1.807, 2.05) is 5.32 Å². The molecule has 2 atom stereocenters. The van der Waals surface area contributed by atoms with Gasteiger partial charge in [-0.05, 0) is 41.5 Å². The van der Waals surface area contributed by atoms with Gasteiger partial charge in [-0.15, -0.1) is 0 Å². The Kier molecular flexibility index (Phi) is 12.6. The summed E-state index contributed by atoms with van der Waals surface area (Å²) in [5.74, 6) is -2.47. The third-order valence-corrected chi connectivity index (χ3v) is 2.49. The smallest absolute Gasteiger partial charge is 0.408 e. The number of aliphatic hydroxyl groups is 1. The molecule has 5 N–H and O–H groups in total. The Labute approximate surface area is 169 Å². The molecule has 0 aliphatic heterocycles. The summed E-state index contributed by atoms with van der Waals surface area (Å²) in [5, 5.41) is 30.0. The van der Waals surface area contributed by atoms with Gasteiger partial charge in [-0.3, -0.25) is 0 Å². The summed E-state index contributed by atoms with van der Waals surface area (Å²) in [6.07, 6.45) is -1.63. The van der Waals surface area contributed by atoms with Gasteiger partial charge in [0.2, 0.25) is 0 Å². The number of methoxy groups -OCH3 is 1. The predicted molar refractivity (Wildman–Crippen MR) is 101 cm³/mol. The zero-order valence-electron chi connectivity index (χ0n) is 17.8. The quantitative estimate of drug-likeness (QED) is 0.387. The van der Waals surface area contributed by atoms with Gasteiger partial charge in [-0.1, -0.05) is 0 Å². The Morgan fingerprint density at radius 1 is 0.793 bits per heavy atom. The maximum atomic E-state index is 11.2. The van der Waals surface area contributed by atoms with Crippen LogP contribution >= 0.6 is 0 Å². The Bertz CT molecular complexity index is 551. The number of rotatable bonds is 7. The van der Waals surface area contributed by atoms with Crippen molar-refractivity contribution in [2.24, 2.45) is 0 Å². The monoisotopic (exact) mass is 424 g/mol. The highest BCUT2D eigenvalue weighted by Gasteiger charge is 2.24. The van der Waals surface area contributed by atoms with Crippen LogP contribution < -0.4 is 10.6 Å². The number of hydrogen-bond acceptors (Lipinski definition) is 8. The summed E-state index contributed by atoms with van der Waals surface area (Å²) >= 11 is 0. The number of nitrogens with one attached hydrogen (secondary N) is 2. The maximum absolute atomic E-state index is 11.2. The summed E-state index contributed by atoms with van der Waals surface area (Å²) < 4.78 is 14.3. The summed E-state index contributed by atoms with van der Waals surface area (Å²) in [6.45, 7) is 9.27. The number of ether oxygens (including phenoxy) is 3. The molecule has 12 nitrogen and oxygen atoms in total. The molecule has 170 valence electrons. The molecule has 0 aliphatic rings. The van der Waals surface area contributed by atoms with Gasteiger partial charge < -0.3 is 40.2 Å². The molecule has 29 heavy (non-hydrogen) atoms. The Morgan fingerprint density at radius 2 is 1.14 bits per heavy atom. The Morgan fingerprint density at radius 3 is 1.38 bits per heavy atom. The zero-order valence-corrected chi connectivity index (χ0v) is 17.8. The standard InChI is InChI=1S/C9H17NO5.C8H15NO5/c1-9(2,3)15-8(13)10-6(5-14-4)7(11)12;1-8(2,3)14-7(13)9-5(4-10)6(11)12/h6H,5H2,1-4H3,(H,10,13)(H,11,12);5,10H,4H2,1-3H3,(H,9,13)(H,11,12)/t6-;5-/m11/s1. The van der Waals surface area contributed by atoms with Crippen LogP contribution in [0.25, 0.3) is 0 Å². The van der Waals surface area contributed by atoms with E-state index in [4.69, 9.17) is 24.8 Å². The number of carbonyl (C=O) groups excluding carboxylic acids is 2. The summed E-state index contributed by atoms with van der Waals surface area (Å²) in [4.78, 5) is 43.3. The lowest BCUT2D eigenvalue weighted by Crippen LogP contribution is -2.45. The minimum absolute atomic E-state index is 0.103. The number of carboxylic acid groups (broad SMARTS) is 2. The van der Waals surface area contributed by atoms with Crippen molar-refractivity contribution in [1.82, 2.24) is 10.6 Å². The first-order chi connectivity index (χ1) is 13.0. The second-order valence-corrected chi connectivity index (χ2v) is 7.71. The van der Waals surface area contributed by atoms with E-state index >= 15 is 0 Å². The van der Waals surface area contributed by atoms with E-state index in [9.17, 15) is 19.2 Å². The van der Waals surface area contributed by atoms with Crippen LogP contribution in [0.1, 0.15) is 41.5 Å². The molecule has 0 saturated heterocycles. The molecule has 0 aromatic heterocycles. The first-order valence-electron chi connectivity index (χ1n) is 8.56. The third-order valence-electron chi connectivity index (χ3n) is 2.49. The number of carboxylic acids is 2. The van der Waals surface area contributed by atoms with Crippen LogP contribution in [0.3, 0.4) is 0 Å². The number of carbonyl (C=O) groups is 4. The Hall–Kier alpha value is -2.60. The van der Waals surface area contributed by atoms with Crippen molar-refractivity contribution in [1.29, 1.82) is 0 Å². The first kappa shape index (κ1) is 28.6. The van der Waals surface area contributed by atoms with Gasteiger partial charge >= 0.3 is 24.1 Å². The van der Waals surface area contributed by atoms with Crippen LogP contribution in [0, 0.1) is 0 Å². The van der Waals surface area contributed by atoms with E-state index in [1.165, 1.54) is 7.11 Å². The molecule has 0 rings (SSSR count). The largest absolute Gasteiger partial charge is 0.480 e. The van der Waals surface area contributed by atoms with Crippen molar-refractivity contribution in [2.75, 3.05) is 20.3 Å². The van der Waals surface area contributed by atoms with E-state index in [2.05, 4.69) is 10.1 Å². The molecule has 12 heteroatoms. The molecule has 0 aromatic carbocycles. The molecule has 0 unspecified atom stereocenters. The molecule has 0 radical (unpaired) electrons. The molecule has 0 heterocycles. The van der Waals surface area contributed by atoms with E-state index in [1.54, 1.807) is 41.5 Å². The van der Waals surface area contributed by atoms with Gasteiger partial charge in [0.1, 0.15) is 11.2 Å². The van der Waals surface area contributed by atoms with Crippen LogP contribution in [0.5, 0.6) is 0 Å². The molecule has 0 bridgehead atoms. The lowest BCUT2D eigenvalue weighted by Gasteiger charge is -2.21. The van der Waals surface area contributed by atoms with Crippen molar-refractivity contribution in [3.8, 4) is 0 Å². The van der Waals surface area contributed by atoms with Crippen molar-refractivity contribution >= 4 is 24.1 Å². The average Bonchev–Trinajstić information content (AvgIpc) is 2.48. The Balaban J connectivity index is 0. The van der Waals surface area contributed by atoms with E-state index in [0.29, 0.717) is 0 Å². The van der Waals surface area contributed by atoms with Gasteiger partial charge in [0.05, 0.1) is 13.2 Å². The van der Waals surface area contributed by atoms with E-state index in [-0.39, 0.29) is 6.61 Å². The average molecular weight is 424 g/mol. The SMILES string of the molecule is CC(C)(C)OC(=O)N[C@H](CO)C(=O)O.COC[C@@H](NC(=O)OC(C)(C)C)C(=O)O. The third kappa shape index (κ3) is 17.2. The van der Waals surface area contributed by atoms with Crippen molar-refractivity contribution in [3.05, 3.63) is 0 Å². The summed E-state index contributed by atoms with van der Waals surface area (Å²) in [6, 6.07) is -2.42. The highest BCUT2D eigenvalue weighted by Crippen LogP contribution is 2.07. The molecule has 0 spiro atoms. The lowest BCUT2D eigenvalue weighted by molar-refractivity contribution is -0.141. The van der Waals surface area contributed by atoms with Crippen LogP contribution in [-0.2, 0) is 23.8 Å². The second-order valence-electron chi connectivity index (χ2n) is 7.71. The molecule has 0 saturated carbocycles. The van der Waals surface area contributed by atoms with Gasteiger partial charge in [0.25, 0.3) is 0 Å². The number of hydrogen-bond donors (Lipinski definition) is 5. The van der Waals surface area contributed by atoms with Gasteiger partial charge in [0, 0.05) is 7.11 Å². The van der Waals surface area contributed by atoms with Crippen LogP contribution in [0.15, 0.2) is 0 Å².